The molecule has 0 bridgehead atoms. The second-order valence-electron chi connectivity index (χ2n) is 4.80. The molecule has 8 nitrogen and oxygen atoms in total. The van der Waals surface area contributed by atoms with Gasteiger partial charge in [0.05, 0.1) is 92.5 Å². The van der Waals surface area contributed by atoms with E-state index in [4.69, 9.17) is 33.2 Å². The Balaban J connectivity index is 2.97. The van der Waals surface area contributed by atoms with Crippen molar-refractivity contribution in [2.24, 2.45) is 0 Å². The SMILES string of the molecule is COCCOCCOCCOCCOCCOCCOCCOC(F)F. The lowest BCUT2D eigenvalue weighted by molar-refractivity contribution is -0.140. The number of methoxy groups -OCH3 is 1. The van der Waals surface area contributed by atoms with Crippen LogP contribution in [0.4, 0.5) is 8.78 Å². The summed E-state index contributed by atoms with van der Waals surface area (Å²) >= 11 is 0. The highest BCUT2D eigenvalue weighted by molar-refractivity contribution is 4.37. The molecule has 0 aliphatic rings. The van der Waals surface area contributed by atoms with Crippen molar-refractivity contribution in [2.45, 2.75) is 6.61 Å². The van der Waals surface area contributed by atoms with Gasteiger partial charge in [0.2, 0.25) is 0 Å². The zero-order valence-electron chi connectivity index (χ0n) is 15.5. The summed E-state index contributed by atoms with van der Waals surface area (Å²) < 4.78 is 63.7. The standard InChI is InChI=1S/C16H32F2O8/c1-19-2-3-20-4-5-21-6-7-22-8-9-23-10-11-24-12-13-25-14-15-26-16(17)18/h16H,2-15H2,1H3. The molecule has 158 valence electrons. The van der Waals surface area contributed by atoms with E-state index in [0.29, 0.717) is 79.3 Å². The van der Waals surface area contributed by atoms with E-state index >= 15 is 0 Å². The van der Waals surface area contributed by atoms with Crippen LogP contribution in [0.1, 0.15) is 0 Å². The van der Waals surface area contributed by atoms with Crippen LogP contribution < -0.4 is 0 Å². The molecule has 0 heterocycles. The van der Waals surface area contributed by atoms with Crippen molar-refractivity contribution in [2.75, 3.05) is 99.6 Å². The fraction of sp³-hybridized carbons (Fsp3) is 1.00. The maximum Gasteiger partial charge on any atom is 0.345 e. The van der Waals surface area contributed by atoms with Crippen molar-refractivity contribution in [1.29, 1.82) is 0 Å². The topological polar surface area (TPSA) is 73.8 Å². The molecule has 0 spiro atoms. The van der Waals surface area contributed by atoms with Crippen molar-refractivity contribution < 1.29 is 46.7 Å². The lowest BCUT2D eigenvalue weighted by Gasteiger charge is -2.08. The number of hydrogen-bond acceptors (Lipinski definition) is 8. The summed E-state index contributed by atoms with van der Waals surface area (Å²) in [5.41, 5.74) is 0. The molecule has 10 heteroatoms. The van der Waals surface area contributed by atoms with Crippen molar-refractivity contribution in [1.82, 2.24) is 0 Å². The summed E-state index contributed by atoms with van der Waals surface area (Å²) in [5, 5.41) is 0. The molecule has 0 radical (unpaired) electrons. The molecular weight excluding hydrogens is 358 g/mol. The Morgan fingerprint density at radius 3 is 1.00 bits per heavy atom. The Hall–Kier alpha value is -0.460. The molecule has 26 heavy (non-hydrogen) atoms. The predicted octanol–water partition coefficient (Wildman–Crippen LogP) is 0.972. The second-order valence-corrected chi connectivity index (χ2v) is 4.80. The number of hydrogen-bond donors (Lipinski definition) is 0. The maximum absolute atomic E-state index is 11.6. The lowest BCUT2D eigenvalue weighted by Crippen LogP contribution is -2.15. The molecule has 0 N–H and O–H groups in total. The van der Waals surface area contributed by atoms with Crippen LogP contribution in [0.5, 0.6) is 0 Å². The van der Waals surface area contributed by atoms with E-state index < -0.39 is 6.61 Å². The first kappa shape index (κ1) is 25.5. The quantitative estimate of drug-likeness (QED) is 0.253. The van der Waals surface area contributed by atoms with Crippen LogP contribution in [-0.2, 0) is 37.9 Å². The maximum atomic E-state index is 11.6. The van der Waals surface area contributed by atoms with Crippen LogP contribution in [0.3, 0.4) is 0 Å². The van der Waals surface area contributed by atoms with Gasteiger partial charge < -0.3 is 37.9 Å². The van der Waals surface area contributed by atoms with Crippen LogP contribution >= 0.6 is 0 Å². The van der Waals surface area contributed by atoms with Crippen molar-refractivity contribution in [3.05, 3.63) is 0 Å². The minimum Gasteiger partial charge on any atom is -0.382 e. The second kappa shape index (κ2) is 22.6. The minimum atomic E-state index is -2.76. The fourth-order valence-electron chi connectivity index (χ4n) is 1.54. The van der Waals surface area contributed by atoms with Crippen LogP contribution in [0.2, 0.25) is 0 Å². The van der Waals surface area contributed by atoms with Crippen molar-refractivity contribution in [3.8, 4) is 0 Å². The molecule has 0 aliphatic heterocycles. The first-order valence-electron chi connectivity index (χ1n) is 8.62. The van der Waals surface area contributed by atoms with Gasteiger partial charge in [0.1, 0.15) is 0 Å². The summed E-state index contributed by atoms with van der Waals surface area (Å²) in [5.74, 6) is 0. The molecule has 0 atom stereocenters. The van der Waals surface area contributed by atoms with Gasteiger partial charge in [0, 0.05) is 7.11 Å². The van der Waals surface area contributed by atoms with Gasteiger partial charge in [0.25, 0.3) is 0 Å². The number of ether oxygens (including phenoxy) is 8. The van der Waals surface area contributed by atoms with Gasteiger partial charge in [-0.3, -0.25) is 0 Å². The van der Waals surface area contributed by atoms with Crippen LogP contribution in [-0.4, -0.2) is 106 Å². The van der Waals surface area contributed by atoms with Gasteiger partial charge in [-0.1, -0.05) is 0 Å². The Morgan fingerprint density at radius 1 is 0.462 bits per heavy atom. The van der Waals surface area contributed by atoms with Crippen molar-refractivity contribution in [3.63, 3.8) is 0 Å². The monoisotopic (exact) mass is 390 g/mol. The van der Waals surface area contributed by atoms with Gasteiger partial charge in [-0.2, -0.15) is 8.78 Å². The van der Waals surface area contributed by atoms with Gasteiger partial charge in [-0.05, 0) is 0 Å². The summed E-state index contributed by atoms with van der Waals surface area (Å²) in [6, 6.07) is 0. The molecule has 0 fully saturated rings. The summed E-state index contributed by atoms with van der Waals surface area (Å²) in [6.07, 6.45) is 0. The highest BCUT2D eigenvalue weighted by Gasteiger charge is 2.00. The van der Waals surface area contributed by atoms with Gasteiger partial charge in [-0.25, -0.2) is 0 Å². The Bertz CT molecular complexity index is 262. The van der Waals surface area contributed by atoms with Crippen LogP contribution in [0, 0.1) is 0 Å². The Kier molecular flexibility index (Phi) is 22.2. The highest BCUT2D eigenvalue weighted by Crippen LogP contribution is 1.93. The largest absolute Gasteiger partial charge is 0.382 e. The van der Waals surface area contributed by atoms with E-state index in [2.05, 4.69) is 4.74 Å². The number of rotatable bonds is 22. The molecule has 0 aromatic carbocycles. The van der Waals surface area contributed by atoms with E-state index in [1.165, 1.54) is 0 Å². The zero-order chi connectivity index (χ0) is 19.1. The van der Waals surface area contributed by atoms with E-state index in [-0.39, 0.29) is 13.2 Å². The molecule has 0 aromatic heterocycles. The minimum absolute atomic E-state index is 0.117. The van der Waals surface area contributed by atoms with E-state index in [9.17, 15) is 8.78 Å². The number of alkyl halides is 2. The summed E-state index contributed by atoms with van der Waals surface area (Å²) in [4.78, 5) is 0. The molecule has 0 saturated heterocycles. The Morgan fingerprint density at radius 2 is 0.731 bits per heavy atom. The smallest absolute Gasteiger partial charge is 0.345 e. The first-order valence-corrected chi connectivity index (χ1v) is 8.62. The van der Waals surface area contributed by atoms with Crippen LogP contribution in [0.15, 0.2) is 0 Å². The summed E-state index contributed by atoms with van der Waals surface area (Å²) in [7, 11) is 1.63. The molecule has 0 aliphatic carbocycles. The van der Waals surface area contributed by atoms with Crippen molar-refractivity contribution >= 4 is 0 Å². The Labute approximate surface area is 153 Å². The molecule has 0 unspecified atom stereocenters. The van der Waals surface area contributed by atoms with Crippen LogP contribution in [0.25, 0.3) is 0 Å². The van der Waals surface area contributed by atoms with E-state index in [1.807, 2.05) is 0 Å². The third-order valence-corrected chi connectivity index (χ3v) is 2.76. The van der Waals surface area contributed by atoms with E-state index in [1.54, 1.807) is 7.11 Å². The third kappa shape index (κ3) is 23.5. The first-order chi connectivity index (χ1) is 12.8. The highest BCUT2D eigenvalue weighted by atomic mass is 19.3. The molecule has 0 saturated carbocycles. The zero-order valence-corrected chi connectivity index (χ0v) is 15.5. The molecule has 0 amide bonds. The average Bonchev–Trinajstić information content (AvgIpc) is 2.62. The normalized spacial score (nSPS) is 11.5. The predicted molar refractivity (Wildman–Crippen MR) is 88.7 cm³/mol. The van der Waals surface area contributed by atoms with E-state index in [0.717, 1.165) is 0 Å². The lowest BCUT2D eigenvalue weighted by atomic mass is 10.6. The molecule has 0 rings (SSSR count). The van der Waals surface area contributed by atoms with Gasteiger partial charge in [0.15, 0.2) is 0 Å². The molecule has 0 aromatic rings. The average molecular weight is 390 g/mol. The number of halogens is 2. The molecular formula is C16H32F2O8. The third-order valence-electron chi connectivity index (χ3n) is 2.76. The summed E-state index contributed by atoms with van der Waals surface area (Å²) in [6.45, 7) is 3.03. The van der Waals surface area contributed by atoms with Gasteiger partial charge >= 0.3 is 6.61 Å². The van der Waals surface area contributed by atoms with Gasteiger partial charge in [-0.15, -0.1) is 0 Å². The fourth-order valence-corrected chi connectivity index (χ4v) is 1.54.